The standard InChI is InChI=1S/C14H21ClN2O2/c1-3-17(14(18)10-16-8-9-19-2)11-12-4-6-13(15)7-5-12/h4-7,16H,3,8-11H2,1-2H3. The number of rotatable bonds is 8. The van der Waals surface area contributed by atoms with Crippen LogP contribution in [-0.4, -0.2) is 44.2 Å². The van der Waals surface area contributed by atoms with E-state index in [1.54, 1.807) is 7.11 Å². The van der Waals surface area contributed by atoms with E-state index in [1.165, 1.54) is 0 Å². The topological polar surface area (TPSA) is 41.6 Å². The first-order chi connectivity index (χ1) is 9.17. The highest BCUT2D eigenvalue weighted by molar-refractivity contribution is 6.30. The van der Waals surface area contributed by atoms with Gasteiger partial charge in [0.1, 0.15) is 0 Å². The van der Waals surface area contributed by atoms with Gasteiger partial charge in [0.05, 0.1) is 13.2 Å². The number of halogens is 1. The zero-order valence-electron chi connectivity index (χ0n) is 11.5. The second kappa shape index (κ2) is 8.91. The minimum Gasteiger partial charge on any atom is -0.383 e. The van der Waals surface area contributed by atoms with Gasteiger partial charge in [0.15, 0.2) is 0 Å². The SMILES string of the molecule is CCN(Cc1ccc(Cl)cc1)C(=O)CNCCOC. The summed E-state index contributed by atoms with van der Waals surface area (Å²) >= 11 is 5.84. The van der Waals surface area contributed by atoms with Gasteiger partial charge < -0.3 is 15.0 Å². The number of amides is 1. The van der Waals surface area contributed by atoms with Crippen molar-refractivity contribution in [3.63, 3.8) is 0 Å². The lowest BCUT2D eigenvalue weighted by Crippen LogP contribution is -2.38. The van der Waals surface area contributed by atoms with Crippen LogP contribution in [0.15, 0.2) is 24.3 Å². The Bertz CT molecular complexity index is 382. The smallest absolute Gasteiger partial charge is 0.236 e. The summed E-state index contributed by atoms with van der Waals surface area (Å²) in [6, 6.07) is 7.56. The summed E-state index contributed by atoms with van der Waals surface area (Å²) in [5, 5.41) is 3.77. The Balaban J connectivity index is 2.43. The number of methoxy groups -OCH3 is 1. The second-order valence-corrected chi connectivity index (χ2v) is 4.64. The van der Waals surface area contributed by atoms with Crippen LogP contribution in [0.2, 0.25) is 5.02 Å². The Morgan fingerprint density at radius 3 is 2.63 bits per heavy atom. The van der Waals surface area contributed by atoms with E-state index >= 15 is 0 Å². The van der Waals surface area contributed by atoms with Crippen molar-refractivity contribution >= 4 is 17.5 Å². The maximum Gasteiger partial charge on any atom is 0.236 e. The zero-order valence-corrected chi connectivity index (χ0v) is 12.2. The summed E-state index contributed by atoms with van der Waals surface area (Å²) in [4.78, 5) is 13.8. The predicted molar refractivity (Wildman–Crippen MR) is 77.3 cm³/mol. The number of nitrogens with one attached hydrogen (secondary N) is 1. The normalized spacial score (nSPS) is 10.5. The number of hydrogen-bond acceptors (Lipinski definition) is 3. The van der Waals surface area contributed by atoms with Gasteiger partial charge in [-0.2, -0.15) is 0 Å². The first-order valence-corrected chi connectivity index (χ1v) is 6.77. The lowest BCUT2D eigenvalue weighted by molar-refractivity contribution is -0.130. The van der Waals surface area contributed by atoms with Crippen LogP contribution in [-0.2, 0) is 16.1 Å². The molecule has 0 saturated heterocycles. The summed E-state index contributed by atoms with van der Waals surface area (Å²) in [7, 11) is 1.64. The summed E-state index contributed by atoms with van der Waals surface area (Å²) < 4.78 is 4.92. The highest BCUT2D eigenvalue weighted by atomic mass is 35.5. The van der Waals surface area contributed by atoms with Crippen molar-refractivity contribution in [3.8, 4) is 0 Å². The van der Waals surface area contributed by atoms with Crippen LogP contribution < -0.4 is 5.32 Å². The van der Waals surface area contributed by atoms with E-state index in [9.17, 15) is 4.79 Å². The molecule has 0 aliphatic heterocycles. The second-order valence-electron chi connectivity index (χ2n) is 4.20. The number of nitrogens with zero attached hydrogens (tertiary/aromatic N) is 1. The van der Waals surface area contributed by atoms with Gasteiger partial charge in [-0.25, -0.2) is 0 Å². The molecule has 0 radical (unpaired) electrons. The van der Waals surface area contributed by atoms with E-state index in [4.69, 9.17) is 16.3 Å². The van der Waals surface area contributed by atoms with Gasteiger partial charge in [-0.15, -0.1) is 0 Å². The molecule has 0 unspecified atom stereocenters. The highest BCUT2D eigenvalue weighted by Gasteiger charge is 2.11. The van der Waals surface area contributed by atoms with Crippen molar-refractivity contribution in [3.05, 3.63) is 34.9 Å². The molecule has 0 aliphatic rings. The van der Waals surface area contributed by atoms with Gasteiger partial charge in [0.2, 0.25) is 5.91 Å². The zero-order chi connectivity index (χ0) is 14.1. The Morgan fingerprint density at radius 1 is 1.37 bits per heavy atom. The highest BCUT2D eigenvalue weighted by Crippen LogP contribution is 2.11. The molecule has 5 heteroatoms. The third kappa shape index (κ3) is 6.05. The number of carbonyl (C=O) groups excluding carboxylic acids is 1. The van der Waals surface area contributed by atoms with Crippen LogP contribution in [0.25, 0.3) is 0 Å². The minimum absolute atomic E-state index is 0.0913. The van der Waals surface area contributed by atoms with Crippen LogP contribution in [0.4, 0.5) is 0 Å². The fourth-order valence-electron chi connectivity index (χ4n) is 1.67. The third-order valence-corrected chi connectivity index (χ3v) is 3.03. The molecule has 0 saturated carbocycles. The number of hydrogen-bond donors (Lipinski definition) is 1. The molecule has 0 fully saturated rings. The van der Waals surface area contributed by atoms with Crippen molar-refractivity contribution < 1.29 is 9.53 Å². The molecule has 1 rings (SSSR count). The van der Waals surface area contributed by atoms with Crippen molar-refractivity contribution in [2.24, 2.45) is 0 Å². The molecule has 0 aliphatic carbocycles. The number of likely N-dealkylation sites (N-methyl/N-ethyl adjacent to an activating group) is 1. The van der Waals surface area contributed by atoms with E-state index in [0.717, 1.165) is 5.56 Å². The molecule has 1 N–H and O–H groups in total. The fourth-order valence-corrected chi connectivity index (χ4v) is 1.79. The third-order valence-electron chi connectivity index (χ3n) is 2.78. The lowest BCUT2D eigenvalue weighted by Gasteiger charge is -2.21. The molecule has 1 amide bonds. The van der Waals surface area contributed by atoms with Crippen LogP contribution >= 0.6 is 11.6 Å². The van der Waals surface area contributed by atoms with Gasteiger partial charge in [-0.05, 0) is 24.6 Å². The molecular weight excluding hydrogens is 264 g/mol. The molecule has 0 aromatic heterocycles. The van der Waals surface area contributed by atoms with Crippen LogP contribution in [0.1, 0.15) is 12.5 Å². The Kier molecular flexibility index (Phi) is 7.48. The Hall–Kier alpha value is -1.10. The predicted octanol–water partition coefficient (Wildman–Crippen LogP) is 1.92. The summed E-state index contributed by atoms with van der Waals surface area (Å²) in [5.41, 5.74) is 1.08. The van der Waals surface area contributed by atoms with Crippen LogP contribution in [0.5, 0.6) is 0 Å². The van der Waals surface area contributed by atoms with Crippen molar-refractivity contribution in [2.75, 3.05) is 33.4 Å². The first kappa shape index (κ1) is 16.0. The molecule has 1 aromatic carbocycles. The quantitative estimate of drug-likeness (QED) is 0.742. The maximum absolute atomic E-state index is 12.0. The van der Waals surface area contributed by atoms with E-state index in [0.29, 0.717) is 37.8 Å². The average molecular weight is 285 g/mol. The van der Waals surface area contributed by atoms with E-state index in [2.05, 4.69) is 5.32 Å². The molecule has 0 spiro atoms. The van der Waals surface area contributed by atoms with Gasteiger partial charge in [0.25, 0.3) is 0 Å². The number of benzene rings is 1. The van der Waals surface area contributed by atoms with Gasteiger partial charge in [-0.1, -0.05) is 23.7 Å². The molecule has 0 heterocycles. The van der Waals surface area contributed by atoms with Crippen LogP contribution in [0, 0.1) is 0 Å². The molecule has 19 heavy (non-hydrogen) atoms. The summed E-state index contributed by atoms with van der Waals surface area (Å²) in [5.74, 6) is 0.0913. The van der Waals surface area contributed by atoms with Crippen molar-refractivity contribution in [2.45, 2.75) is 13.5 Å². The Morgan fingerprint density at radius 2 is 2.05 bits per heavy atom. The monoisotopic (exact) mass is 284 g/mol. The largest absolute Gasteiger partial charge is 0.383 e. The maximum atomic E-state index is 12.0. The number of carbonyl (C=O) groups is 1. The first-order valence-electron chi connectivity index (χ1n) is 6.39. The summed E-state index contributed by atoms with van der Waals surface area (Å²) in [6.45, 7) is 4.90. The molecule has 106 valence electrons. The van der Waals surface area contributed by atoms with Gasteiger partial charge >= 0.3 is 0 Å². The fraction of sp³-hybridized carbons (Fsp3) is 0.500. The van der Waals surface area contributed by atoms with E-state index < -0.39 is 0 Å². The van der Waals surface area contributed by atoms with Crippen molar-refractivity contribution in [1.29, 1.82) is 0 Å². The van der Waals surface area contributed by atoms with E-state index in [-0.39, 0.29) is 5.91 Å². The minimum atomic E-state index is 0.0913. The van der Waals surface area contributed by atoms with Gasteiger partial charge in [0, 0.05) is 31.8 Å². The lowest BCUT2D eigenvalue weighted by atomic mass is 10.2. The number of ether oxygens (including phenoxy) is 1. The summed E-state index contributed by atoms with van der Waals surface area (Å²) in [6.07, 6.45) is 0. The molecule has 4 nitrogen and oxygen atoms in total. The molecule has 0 atom stereocenters. The van der Waals surface area contributed by atoms with Gasteiger partial charge in [-0.3, -0.25) is 4.79 Å². The molecule has 1 aromatic rings. The molecule has 0 bridgehead atoms. The Labute approximate surface area is 119 Å². The van der Waals surface area contributed by atoms with Crippen LogP contribution in [0.3, 0.4) is 0 Å². The molecular formula is C14H21ClN2O2. The van der Waals surface area contributed by atoms with Crippen molar-refractivity contribution in [1.82, 2.24) is 10.2 Å². The average Bonchev–Trinajstić information content (AvgIpc) is 2.42. The van der Waals surface area contributed by atoms with E-state index in [1.807, 2.05) is 36.1 Å².